The third-order valence-electron chi connectivity index (χ3n) is 2.59. The second-order valence-corrected chi connectivity index (χ2v) is 3.82. The van der Waals surface area contributed by atoms with Crippen molar-refractivity contribution < 1.29 is 17.6 Å². The van der Waals surface area contributed by atoms with Crippen molar-refractivity contribution in [2.75, 3.05) is 23.7 Å². The number of anilines is 2. The first-order valence-corrected chi connectivity index (χ1v) is 4.69. The molecule has 2 rings (SSSR count). The van der Waals surface area contributed by atoms with Gasteiger partial charge in [-0.3, -0.25) is 0 Å². The first kappa shape index (κ1) is 11.0. The van der Waals surface area contributed by atoms with Crippen LogP contribution in [0.3, 0.4) is 0 Å². The van der Waals surface area contributed by atoms with E-state index in [4.69, 9.17) is 5.73 Å². The first-order chi connectivity index (χ1) is 7.33. The quantitative estimate of drug-likeness (QED) is 0.597. The molecule has 0 bridgehead atoms. The SMILES string of the molecule is Nc1ccccc1N1CC(F)(F)C(F)(F)C1. The van der Waals surface area contributed by atoms with Gasteiger partial charge in [0.2, 0.25) is 0 Å². The average Bonchev–Trinajstić information content (AvgIpc) is 2.36. The summed E-state index contributed by atoms with van der Waals surface area (Å²) in [6.45, 7) is -2.01. The van der Waals surface area contributed by atoms with Gasteiger partial charge in [0.1, 0.15) is 0 Å². The van der Waals surface area contributed by atoms with E-state index >= 15 is 0 Å². The maximum absolute atomic E-state index is 13.0. The molecule has 1 heterocycles. The molecule has 0 spiro atoms. The fourth-order valence-corrected chi connectivity index (χ4v) is 1.71. The monoisotopic (exact) mass is 234 g/mol. The highest BCUT2D eigenvalue weighted by Gasteiger charge is 2.63. The van der Waals surface area contributed by atoms with Crippen molar-refractivity contribution in [1.82, 2.24) is 0 Å². The van der Waals surface area contributed by atoms with E-state index in [1.165, 1.54) is 12.1 Å². The van der Waals surface area contributed by atoms with Crippen LogP contribution in [0.4, 0.5) is 28.9 Å². The van der Waals surface area contributed by atoms with Gasteiger partial charge in [-0.25, -0.2) is 0 Å². The van der Waals surface area contributed by atoms with Gasteiger partial charge in [-0.2, -0.15) is 17.6 Å². The Bertz CT molecular complexity index is 390. The minimum atomic E-state index is -4.00. The summed E-state index contributed by atoms with van der Waals surface area (Å²) in [5.74, 6) is -8.01. The number of rotatable bonds is 1. The van der Waals surface area contributed by atoms with E-state index in [2.05, 4.69) is 0 Å². The van der Waals surface area contributed by atoms with Crippen LogP contribution in [0.25, 0.3) is 0 Å². The lowest BCUT2D eigenvalue weighted by Crippen LogP contribution is -2.38. The molecule has 0 saturated carbocycles. The highest BCUT2D eigenvalue weighted by molar-refractivity contribution is 5.68. The van der Waals surface area contributed by atoms with E-state index in [1.807, 2.05) is 0 Å². The Hall–Kier alpha value is -1.46. The van der Waals surface area contributed by atoms with Gasteiger partial charge >= 0.3 is 11.8 Å². The van der Waals surface area contributed by atoms with Crippen LogP contribution < -0.4 is 10.6 Å². The number of hydrogen-bond donors (Lipinski definition) is 1. The Morgan fingerprint density at radius 1 is 1.00 bits per heavy atom. The molecule has 1 saturated heterocycles. The van der Waals surface area contributed by atoms with Crippen molar-refractivity contribution in [3.63, 3.8) is 0 Å². The molecule has 1 fully saturated rings. The fraction of sp³-hybridized carbons (Fsp3) is 0.400. The van der Waals surface area contributed by atoms with Crippen molar-refractivity contribution in [3.05, 3.63) is 24.3 Å². The topological polar surface area (TPSA) is 29.3 Å². The Labute approximate surface area is 89.6 Å². The lowest BCUT2D eigenvalue weighted by atomic mass is 10.2. The molecule has 1 aromatic rings. The van der Waals surface area contributed by atoms with Crippen LogP contribution in [-0.4, -0.2) is 24.9 Å². The van der Waals surface area contributed by atoms with Gasteiger partial charge in [0, 0.05) is 0 Å². The highest BCUT2D eigenvalue weighted by atomic mass is 19.3. The summed E-state index contributed by atoms with van der Waals surface area (Å²) in [5, 5.41) is 0. The third kappa shape index (κ3) is 1.58. The molecular formula is C10H10F4N2. The Morgan fingerprint density at radius 2 is 1.50 bits per heavy atom. The Kier molecular flexibility index (Phi) is 2.25. The van der Waals surface area contributed by atoms with Crippen LogP contribution in [0.2, 0.25) is 0 Å². The summed E-state index contributed by atoms with van der Waals surface area (Å²) in [6, 6.07) is 6.13. The molecule has 0 aromatic heterocycles. The van der Waals surface area contributed by atoms with Crippen LogP contribution >= 0.6 is 0 Å². The first-order valence-electron chi connectivity index (χ1n) is 4.69. The zero-order valence-electron chi connectivity index (χ0n) is 8.26. The molecule has 0 atom stereocenters. The van der Waals surface area contributed by atoms with Gasteiger partial charge in [-0.05, 0) is 12.1 Å². The minimum Gasteiger partial charge on any atom is -0.397 e. The van der Waals surface area contributed by atoms with Gasteiger partial charge in [-0.1, -0.05) is 12.1 Å². The standard InChI is InChI=1S/C10H10F4N2/c11-9(12)5-16(6-10(9,13)14)8-4-2-1-3-7(8)15/h1-4H,5-6,15H2. The summed E-state index contributed by atoms with van der Waals surface area (Å²) in [4.78, 5) is 0.912. The second-order valence-electron chi connectivity index (χ2n) is 3.82. The predicted molar refractivity (Wildman–Crippen MR) is 53.0 cm³/mol. The molecule has 1 aromatic carbocycles. The van der Waals surface area contributed by atoms with Gasteiger partial charge < -0.3 is 10.6 Å². The number of nitrogens with zero attached hydrogens (tertiary/aromatic N) is 1. The lowest BCUT2D eigenvalue weighted by molar-refractivity contribution is -0.172. The van der Waals surface area contributed by atoms with Gasteiger partial charge in [0.05, 0.1) is 24.5 Å². The summed E-state index contributed by atoms with van der Waals surface area (Å²) in [6.07, 6.45) is 0. The van der Waals surface area contributed by atoms with Crippen molar-refractivity contribution in [3.8, 4) is 0 Å². The highest BCUT2D eigenvalue weighted by Crippen LogP contribution is 2.43. The zero-order valence-corrected chi connectivity index (χ0v) is 8.26. The van der Waals surface area contributed by atoms with E-state index < -0.39 is 24.9 Å². The average molecular weight is 234 g/mol. The smallest absolute Gasteiger partial charge is 0.329 e. The third-order valence-corrected chi connectivity index (χ3v) is 2.59. The van der Waals surface area contributed by atoms with E-state index in [0.29, 0.717) is 0 Å². The van der Waals surface area contributed by atoms with Crippen molar-refractivity contribution in [1.29, 1.82) is 0 Å². The largest absolute Gasteiger partial charge is 0.397 e. The number of benzene rings is 1. The normalized spacial score (nSPS) is 22.4. The van der Waals surface area contributed by atoms with Crippen molar-refractivity contribution in [2.24, 2.45) is 0 Å². The Morgan fingerprint density at radius 3 is 2.00 bits per heavy atom. The number of halogens is 4. The summed E-state index contributed by atoms with van der Waals surface area (Å²) in [7, 11) is 0. The Balaban J connectivity index is 2.31. The van der Waals surface area contributed by atoms with Crippen LogP contribution in [0, 0.1) is 0 Å². The lowest BCUT2D eigenvalue weighted by Gasteiger charge is -2.18. The molecule has 0 amide bonds. The van der Waals surface area contributed by atoms with Crippen LogP contribution in [0.15, 0.2) is 24.3 Å². The maximum Gasteiger partial charge on any atom is 0.329 e. The molecule has 2 nitrogen and oxygen atoms in total. The van der Waals surface area contributed by atoms with Crippen LogP contribution in [-0.2, 0) is 0 Å². The molecule has 16 heavy (non-hydrogen) atoms. The van der Waals surface area contributed by atoms with E-state index in [0.717, 1.165) is 4.90 Å². The minimum absolute atomic E-state index is 0.219. The summed E-state index contributed by atoms with van der Waals surface area (Å²) in [5.41, 5.74) is 5.99. The van der Waals surface area contributed by atoms with Gasteiger partial charge in [0.25, 0.3) is 0 Å². The molecule has 0 radical (unpaired) electrons. The number of nitrogens with two attached hydrogens (primary N) is 1. The van der Waals surface area contributed by atoms with E-state index in [-0.39, 0.29) is 11.4 Å². The van der Waals surface area contributed by atoms with E-state index in [1.54, 1.807) is 12.1 Å². The molecule has 0 aliphatic carbocycles. The summed E-state index contributed by atoms with van der Waals surface area (Å²) >= 11 is 0. The van der Waals surface area contributed by atoms with Crippen LogP contribution in [0.1, 0.15) is 0 Å². The van der Waals surface area contributed by atoms with Gasteiger partial charge in [-0.15, -0.1) is 0 Å². The molecule has 1 aliphatic heterocycles. The van der Waals surface area contributed by atoms with Crippen molar-refractivity contribution in [2.45, 2.75) is 11.8 Å². The number of nitrogen functional groups attached to an aromatic ring is 1. The van der Waals surface area contributed by atoms with Gasteiger partial charge in [0.15, 0.2) is 0 Å². The maximum atomic E-state index is 13.0. The van der Waals surface area contributed by atoms with E-state index in [9.17, 15) is 17.6 Å². The second kappa shape index (κ2) is 3.26. The number of hydrogen-bond acceptors (Lipinski definition) is 2. The van der Waals surface area contributed by atoms with Crippen molar-refractivity contribution >= 4 is 11.4 Å². The molecule has 1 aliphatic rings. The predicted octanol–water partition coefficient (Wildman–Crippen LogP) is 2.36. The molecule has 0 unspecified atom stereocenters. The summed E-state index contributed by atoms with van der Waals surface area (Å²) < 4.78 is 51.8. The molecule has 6 heteroatoms. The zero-order chi connectivity index (χ0) is 12.0. The number of para-hydroxylation sites is 2. The van der Waals surface area contributed by atoms with Crippen LogP contribution in [0.5, 0.6) is 0 Å². The molecule has 2 N–H and O–H groups in total. The molecular weight excluding hydrogens is 224 g/mol. The molecule has 88 valence electrons. The fourth-order valence-electron chi connectivity index (χ4n) is 1.71. The number of alkyl halides is 4.